The van der Waals surface area contributed by atoms with Crippen molar-refractivity contribution in [2.45, 2.75) is 44.1 Å². The molecule has 0 N–H and O–H groups in total. The van der Waals surface area contributed by atoms with Gasteiger partial charge in [0.1, 0.15) is 0 Å². The van der Waals surface area contributed by atoms with Gasteiger partial charge in [-0.2, -0.15) is 8.42 Å². The van der Waals surface area contributed by atoms with Gasteiger partial charge in [-0.1, -0.05) is 25.3 Å². The molecular formula is C17H26O6S. The van der Waals surface area contributed by atoms with Gasteiger partial charge in [0.2, 0.25) is 5.75 Å². The molecule has 1 aromatic carbocycles. The van der Waals surface area contributed by atoms with Crippen molar-refractivity contribution in [2.24, 2.45) is 0 Å². The molecule has 0 bridgehead atoms. The molecule has 7 heteroatoms. The molecule has 0 radical (unpaired) electrons. The van der Waals surface area contributed by atoms with Gasteiger partial charge >= 0.3 is 0 Å². The Morgan fingerprint density at radius 1 is 0.917 bits per heavy atom. The summed E-state index contributed by atoms with van der Waals surface area (Å²) in [6, 6.07) is 3.73. The lowest BCUT2D eigenvalue weighted by molar-refractivity contribution is 0.168. The van der Waals surface area contributed by atoms with E-state index in [2.05, 4.69) is 0 Å². The molecule has 1 fully saturated rings. The average Bonchev–Trinajstić information content (AvgIpc) is 2.76. The van der Waals surface area contributed by atoms with Crippen molar-refractivity contribution in [1.82, 2.24) is 0 Å². The summed E-state index contributed by atoms with van der Waals surface area (Å²) in [5, 5.41) is 0. The maximum absolute atomic E-state index is 11.7. The van der Waals surface area contributed by atoms with E-state index >= 15 is 0 Å². The molecule has 1 saturated carbocycles. The van der Waals surface area contributed by atoms with E-state index in [4.69, 9.17) is 18.4 Å². The zero-order valence-electron chi connectivity index (χ0n) is 14.7. The predicted octanol–water partition coefficient (Wildman–Crippen LogP) is 3.10. The molecule has 1 aromatic rings. The van der Waals surface area contributed by atoms with Crippen molar-refractivity contribution >= 4 is 10.1 Å². The summed E-state index contributed by atoms with van der Waals surface area (Å²) in [6.07, 6.45) is 5.28. The molecule has 0 amide bonds. The smallest absolute Gasteiger partial charge is 0.264 e. The van der Waals surface area contributed by atoms with Crippen LogP contribution in [0.1, 0.15) is 43.6 Å². The summed E-state index contributed by atoms with van der Waals surface area (Å²) in [7, 11) is 1.17. The first kappa shape index (κ1) is 18.9. The van der Waals surface area contributed by atoms with Crippen molar-refractivity contribution in [3.63, 3.8) is 0 Å². The molecular weight excluding hydrogens is 332 g/mol. The highest BCUT2D eigenvalue weighted by Crippen LogP contribution is 2.46. The highest BCUT2D eigenvalue weighted by molar-refractivity contribution is 7.86. The van der Waals surface area contributed by atoms with Gasteiger partial charge in [-0.3, -0.25) is 4.18 Å². The van der Waals surface area contributed by atoms with E-state index in [0.717, 1.165) is 37.5 Å². The fourth-order valence-electron chi connectivity index (χ4n) is 3.39. The normalized spacial score (nSPS) is 21.8. The van der Waals surface area contributed by atoms with E-state index in [0.29, 0.717) is 23.7 Å². The van der Waals surface area contributed by atoms with Crippen LogP contribution in [0.5, 0.6) is 17.2 Å². The summed E-state index contributed by atoms with van der Waals surface area (Å²) in [4.78, 5) is 0. The minimum atomic E-state index is -3.53. The summed E-state index contributed by atoms with van der Waals surface area (Å²) in [6.45, 7) is 0. The second kappa shape index (κ2) is 8.07. The first-order valence-corrected chi connectivity index (χ1v) is 9.90. The lowest BCUT2D eigenvalue weighted by Crippen LogP contribution is -2.25. The zero-order valence-corrected chi connectivity index (χ0v) is 15.5. The second-order valence-corrected chi connectivity index (χ2v) is 7.61. The Bertz CT molecular complexity index is 655. The number of benzene rings is 1. The maximum atomic E-state index is 11.7. The van der Waals surface area contributed by atoms with Crippen molar-refractivity contribution < 1.29 is 26.8 Å². The van der Waals surface area contributed by atoms with Gasteiger partial charge in [0.25, 0.3) is 10.1 Å². The highest BCUT2D eigenvalue weighted by Gasteiger charge is 2.32. The molecule has 0 heterocycles. The molecule has 1 aliphatic carbocycles. The van der Waals surface area contributed by atoms with E-state index in [-0.39, 0.29) is 5.92 Å². The molecule has 2 unspecified atom stereocenters. The minimum Gasteiger partial charge on any atom is -0.493 e. The molecule has 1 aliphatic rings. The van der Waals surface area contributed by atoms with E-state index in [1.165, 1.54) is 0 Å². The summed E-state index contributed by atoms with van der Waals surface area (Å²) in [5.41, 5.74) is 0.894. The summed E-state index contributed by atoms with van der Waals surface area (Å²) in [5.74, 6) is 1.59. The fourth-order valence-corrected chi connectivity index (χ4v) is 4.06. The molecule has 6 nitrogen and oxygen atoms in total. The van der Waals surface area contributed by atoms with Crippen LogP contribution in [0.3, 0.4) is 0 Å². The number of rotatable bonds is 6. The molecule has 24 heavy (non-hydrogen) atoms. The van der Waals surface area contributed by atoms with Crippen LogP contribution in [0, 0.1) is 0 Å². The number of methoxy groups -OCH3 is 3. The predicted molar refractivity (Wildman–Crippen MR) is 91.6 cm³/mol. The number of ether oxygens (including phenoxy) is 3. The first-order chi connectivity index (χ1) is 11.4. The number of hydrogen-bond acceptors (Lipinski definition) is 6. The molecule has 0 aliphatic heterocycles. The standard InChI is InChI=1S/C17H26O6S/c1-20-15-11-10-13(16(21-2)17(15)22-3)12-8-6-5-7-9-14(12)23-24(4,18)19/h10-12,14H,5-9H2,1-4H3. The molecule has 0 aromatic heterocycles. The van der Waals surface area contributed by atoms with Gasteiger partial charge in [-0.15, -0.1) is 0 Å². The van der Waals surface area contributed by atoms with Crippen molar-refractivity contribution in [3.8, 4) is 17.2 Å². The first-order valence-electron chi connectivity index (χ1n) is 8.08. The van der Waals surface area contributed by atoms with Crippen molar-refractivity contribution in [2.75, 3.05) is 27.6 Å². The van der Waals surface area contributed by atoms with Crippen LogP contribution in [0.25, 0.3) is 0 Å². The van der Waals surface area contributed by atoms with Crippen molar-refractivity contribution in [1.29, 1.82) is 0 Å². The van der Waals surface area contributed by atoms with E-state index in [1.54, 1.807) is 21.3 Å². The molecule has 2 atom stereocenters. The fraction of sp³-hybridized carbons (Fsp3) is 0.647. The monoisotopic (exact) mass is 358 g/mol. The molecule has 0 saturated heterocycles. The van der Waals surface area contributed by atoms with Crippen LogP contribution < -0.4 is 14.2 Å². The van der Waals surface area contributed by atoms with E-state index < -0.39 is 16.2 Å². The van der Waals surface area contributed by atoms with Crippen LogP contribution >= 0.6 is 0 Å². The Balaban J connectivity index is 2.49. The third-order valence-electron chi connectivity index (χ3n) is 4.39. The van der Waals surface area contributed by atoms with Crippen LogP contribution in [0.4, 0.5) is 0 Å². The SMILES string of the molecule is COc1ccc(C2CCCCCC2OS(C)(=O)=O)c(OC)c1OC. The van der Waals surface area contributed by atoms with Gasteiger partial charge in [0.05, 0.1) is 33.7 Å². The van der Waals surface area contributed by atoms with E-state index in [1.807, 2.05) is 12.1 Å². The van der Waals surface area contributed by atoms with Crippen LogP contribution in [-0.2, 0) is 14.3 Å². The van der Waals surface area contributed by atoms with Gasteiger partial charge in [-0.05, 0) is 18.9 Å². The molecule has 136 valence electrons. The lowest BCUT2D eigenvalue weighted by atomic mass is 9.88. The summed E-state index contributed by atoms with van der Waals surface area (Å²) >= 11 is 0. The van der Waals surface area contributed by atoms with Gasteiger partial charge < -0.3 is 14.2 Å². The van der Waals surface area contributed by atoms with E-state index in [9.17, 15) is 8.42 Å². The Hall–Kier alpha value is -1.47. The quantitative estimate of drug-likeness (QED) is 0.575. The third-order valence-corrected chi connectivity index (χ3v) is 4.98. The Labute approximate surface area is 144 Å². The van der Waals surface area contributed by atoms with Crippen LogP contribution in [0.2, 0.25) is 0 Å². The average molecular weight is 358 g/mol. The Morgan fingerprint density at radius 2 is 1.58 bits per heavy atom. The van der Waals surface area contributed by atoms with Gasteiger partial charge in [0, 0.05) is 11.5 Å². The maximum Gasteiger partial charge on any atom is 0.264 e. The zero-order chi connectivity index (χ0) is 17.7. The minimum absolute atomic E-state index is 0.0722. The van der Waals surface area contributed by atoms with Crippen LogP contribution in [-0.4, -0.2) is 42.1 Å². The van der Waals surface area contributed by atoms with Crippen LogP contribution in [0.15, 0.2) is 12.1 Å². The largest absolute Gasteiger partial charge is 0.493 e. The third kappa shape index (κ3) is 4.33. The topological polar surface area (TPSA) is 71.1 Å². The second-order valence-electron chi connectivity index (χ2n) is 6.01. The van der Waals surface area contributed by atoms with Gasteiger partial charge in [-0.25, -0.2) is 0 Å². The molecule has 2 rings (SSSR count). The summed E-state index contributed by atoms with van der Waals surface area (Å²) < 4.78 is 45.1. The van der Waals surface area contributed by atoms with Gasteiger partial charge in [0.15, 0.2) is 11.5 Å². The lowest BCUT2D eigenvalue weighted by Gasteiger charge is -2.27. The number of hydrogen-bond donors (Lipinski definition) is 0. The molecule has 0 spiro atoms. The Morgan fingerprint density at radius 3 is 2.17 bits per heavy atom. The highest BCUT2D eigenvalue weighted by atomic mass is 32.2. The van der Waals surface area contributed by atoms with Crippen molar-refractivity contribution in [3.05, 3.63) is 17.7 Å². The Kier molecular flexibility index (Phi) is 6.34.